The van der Waals surface area contributed by atoms with Crippen LogP contribution in [-0.2, 0) is 14.3 Å². The van der Waals surface area contributed by atoms with Crippen molar-refractivity contribution in [2.24, 2.45) is 23.7 Å². The van der Waals surface area contributed by atoms with Crippen molar-refractivity contribution >= 4 is 11.8 Å². The van der Waals surface area contributed by atoms with Gasteiger partial charge in [-0.1, -0.05) is 31.6 Å². The number of carbonyl (C=O) groups excluding carboxylic acids is 2. The van der Waals surface area contributed by atoms with Gasteiger partial charge in [0.1, 0.15) is 0 Å². The van der Waals surface area contributed by atoms with E-state index in [4.69, 9.17) is 0 Å². The van der Waals surface area contributed by atoms with E-state index in [1.807, 2.05) is 19.9 Å². The Bertz CT molecular complexity index is 632. The number of methoxy groups -OCH3 is 1. The van der Waals surface area contributed by atoms with E-state index in [1.165, 1.54) is 26.4 Å². The highest BCUT2D eigenvalue weighted by Crippen LogP contribution is 2.50. The zero-order valence-electron chi connectivity index (χ0n) is 17.1. The van der Waals surface area contributed by atoms with Gasteiger partial charge in [0.2, 0.25) is 0 Å². The summed E-state index contributed by atoms with van der Waals surface area (Å²) in [6.07, 6.45) is 15.0. The van der Waals surface area contributed by atoms with E-state index in [9.17, 15) is 9.59 Å². The molecule has 0 N–H and O–H groups in total. The molecule has 2 aliphatic rings. The predicted molar refractivity (Wildman–Crippen MR) is 109 cm³/mol. The van der Waals surface area contributed by atoms with Gasteiger partial charge in [0.15, 0.2) is 5.78 Å². The van der Waals surface area contributed by atoms with Gasteiger partial charge in [-0.3, -0.25) is 9.59 Å². The van der Waals surface area contributed by atoms with Crippen molar-refractivity contribution in [2.75, 3.05) is 7.11 Å². The van der Waals surface area contributed by atoms with Gasteiger partial charge in [-0.15, -0.1) is 11.8 Å². The number of fused-ring (bicyclic) bond motifs is 1. The van der Waals surface area contributed by atoms with Crippen LogP contribution in [0.15, 0.2) is 23.8 Å². The first kappa shape index (κ1) is 21.5. The molecule has 0 aromatic rings. The number of hydrogen-bond acceptors (Lipinski definition) is 3. The topological polar surface area (TPSA) is 43.4 Å². The molecular formula is C24H34O3. The van der Waals surface area contributed by atoms with Gasteiger partial charge in [-0.25, -0.2) is 0 Å². The molecule has 0 aromatic heterocycles. The average molecular weight is 371 g/mol. The van der Waals surface area contributed by atoms with Crippen LogP contribution in [0.2, 0.25) is 0 Å². The van der Waals surface area contributed by atoms with Crippen LogP contribution >= 0.6 is 0 Å². The highest BCUT2D eigenvalue weighted by Gasteiger charge is 2.39. The van der Waals surface area contributed by atoms with Gasteiger partial charge in [-0.05, 0) is 62.4 Å². The summed E-state index contributed by atoms with van der Waals surface area (Å²) in [6.45, 7) is 4.00. The lowest BCUT2D eigenvalue weighted by molar-refractivity contribution is -0.140. The standard InChI is InChI=1S/C24H34O3/c1-4-5-6-9-18(2)23(25)15-14-20-12-13-21-16-19(17-22(20)21)10-7-8-11-24(26)27-3/h10,14-15,18,20-22H,4,7-9,11-13,16-17H2,1-3H3/b15-14+,19-10?/t18?,20?,21-,22-/m1/s1. The Balaban J connectivity index is 1.80. The van der Waals surface area contributed by atoms with E-state index >= 15 is 0 Å². The Morgan fingerprint density at radius 3 is 2.81 bits per heavy atom. The third kappa shape index (κ3) is 6.69. The molecule has 0 aromatic carbocycles. The molecule has 0 heterocycles. The van der Waals surface area contributed by atoms with Gasteiger partial charge in [0, 0.05) is 25.2 Å². The molecule has 3 heteroatoms. The monoisotopic (exact) mass is 370 g/mol. The fourth-order valence-electron chi connectivity index (χ4n) is 4.37. The summed E-state index contributed by atoms with van der Waals surface area (Å²) in [5.74, 6) is 8.20. The third-order valence-corrected chi connectivity index (χ3v) is 6.00. The van der Waals surface area contributed by atoms with Gasteiger partial charge in [0.25, 0.3) is 0 Å². The SMILES string of the molecule is CCC#CCC(C)C(=O)/C=C/C1CC[C@@H]2CC(=CCCCC(=O)OC)C[C@H]12. The molecule has 0 aliphatic heterocycles. The number of esters is 1. The van der Waals surface area contributed by atoms with Crippen molar-refractivity contribution in [3.05, 3.63) is 23.8 Å². The van der Waals surface area contributed by atoms with E-state index in [0.717, 1.165) is 31.6 Å². The third-order valence-electron chi connectivity index (χ3n) is 6.00. The summed E-state index contributed by atoms with van der Waals surface area (Å²) in [6, 6.07) is 0. The molecule has 0 spiro atoms. The van der Waals surface area contributed by atoms with Crippen molar-refractivity contribution in [3.63, 3.8) is 0 Å². The summed E-state index contributed by atoms with van der Waals surface area (Å²) in [4.78, 5) is 23.5. The molecule has 0 saturated heterocycles. The number of rotatable bonds is 8. The maximum atomic E-state index is 12.3. The van der Waals surface area contributed by atoms with Gasteiger partial charge >= 0.3 is 5.97 Å². The van der Waals surface area contributed by atoms with Crippen LogP contribution in [0.5, 0.6) is 0 Å². The lowest BCUT2D eigenvalue weighted by atomic mass is 9.90. The van der Waals surface area contributed by atoms with Crippen LogP contribution in [0.3, 0.4) is 0 Å². The van der Waals surface area contributed by atoms with Crippen molar-refractivity contribution in [1.29, 1.82) is 0 Å². The number of ether oxygens (including phenoxy) is 1. The van der Waals surface area contributed by atoms with Gasteiger partial charge in [-0.2, -0.15) is 0 Å². The molecule has 0 bridgehead atoms. The zero-order chi connectivity index (χ0) is 19.6. The van der Waals surface area contributed by atoms with Gasteiger partial charge in [0.05, 0.1) is 7.11 Å². The predicted octanol–water partition coefficient (Wildman–Crippen LogP) is 5.26. The van der Waals surface area contributed by atoms with Crippen molar-refractivity contribution < 1.29 is 14.3 Å². The molecule has 2 fully saturated rings. The molecule has 2 unspecified atom stereocenters. The Kier molecular flexibility index (Phi) is 8.85. The Morgan fingerprint density at radius 1 is 1.26 bits per heavy atom. The van der Waals surface area contributed by atoms with Crippen molar-refractivity contribution in [2.45, 2.75) is 71.6 Å². The molecule has 3 nitrogen and oxygen atoms in total. The molecule has 2 rings (SSSR count). The van der Waals surface area contributed by atoms with E-state index in [1.54, 1.807) is 5.57 Å². The number of allylic oxidation sites excluding steroid dienone is 4. The smallest absolute Gasteiger partial charge is 0.305 e. The second kappa shape index (κ2) is 11.1. The van der Waals surface area contributed by atoms with Crippen LogP contribution in [0.4, 0.5) is 0 Å². The average Bonchev–Trinajstić information content (AvgIpc) is 3.23. The zero-order valence-corrected chi connectivity index (χ0v) is 17.1. The van der Waals surface area contributed by atoms with E-state index in [2.05, 4.69) is 28.7 Å². The molecular weight excluding hydrogens is 336 g/mol. The van der Waals surface area contributed by atoms with E-state index in [-0.39, 0.29) is 17.7 Å². The van der Waals surface area contributed by atoms with Crippen molar-refractivity contribution in [3.8, 4) is 11.8 Å². The largest absolute Gasteiger partial charge is 0.469 e. The Morgan fingerprint density at radius 2 is 2.07 bits per heavy atom. The van der Waals surface area contributed by atoms with Crippen LogP contribution in [0.25, 0.3) is 0 Å². The fraction of sp³-hybridized carbons (Fsp3) is 0.667. The Hall–Kier alpha value is -1.82. The molecule has 0 amide bonds. The summed E-state index contributed by atoms with van der Waals surface area (Å²) in [5, 5.41) is 0. The number of ketones is 1. The van der Waals surface area contributed by atoms with Crippen LogP contribution < -0.4 is 0 Å². The summed E-state index contributed by atoms with van der Waals surface area (Å²) in [5.41, 5.74) is 1.54. The van der Waals surface area contributed by atoms with Crippen LogP contribution in [0, 0.1) is 35.5 Å². The molecule has 2 aliphatic carbocycles. The van der Waals surface area contributed by atoms with Crippen molar-refractivity contribution in [1.82, 2.24) is 0 Å². The maximum Gasteiger partial charge on any atom is 0.305 e. The van der Waals surface area contributed by atoms with Crippen LogP contribution in [0.1, 0.15) is 71.6 Å². The molecule has 148 valence electrons. The highest BCUT2D eigenvalue weighted by molar-refractivity contribution is 5.91. The van der Waals surface area contributed by atoms with E-state index < -0.39 is 0 Å². The minimum absolute atomic E-state index is 0.00801. The van der Waals surface area contributed by atoms with Crippen LogP contribution in [-0.4, -0.2) is 18.9 Å². The fourth-order valence-corrected chi connectivity index (χ4v) is 4.37. The van der Waals surface area contributed by atoms with E-state index in [0.29, 0.717) is 24.7 Å². The highest BCUT2D eigenvalue weighted by atomic mass is 16.5. The molecule has 2 saturated carbocycles. The Labute approximate surface area is 164 Å². The first-order valence-corrected chi connectivity index (χ1v) is 10.5. The molecule has 4 atom stereocenters. The normalized spacial score (nSPS) is 26.6. The first-order chi connectivity index (χ1) is 13.0. The summed E-state index contributed by atoms with van der Waals surface area (Å²) in [7, 11) is 1.44. The maximum absolute atomic E-state index is 12.3. The lowest BCUT2D eigenvalue weighted by Gasteiger charge is -2.14. The lowest BCUT2D eigenvalue weighted by Crippen LogP contribution is -2.10. The number of unbranched alkanes of at least 4 members (excludes halogenated alkanes) is 1. The minimum Gasteiger partial charge on any atom is -0.469 e. The quantitative estimate of drug-likeness (QED) is 0.192. The summed E-state index contributed by atoms with van der Waals surface area (Å²) < 4.78 is 4.69. The number of carbonyl (C=O) groups is 2. The number of hydrogen-bond donors (Lipinski definition) is 0. The second-order valence-electron chi connectivity index (χ2n) is 7.98. The second-order valence-corrected chi connectivity index (χ2v) is 7.98. The first-order valence-electron chi connectivity index (χ1n) is 10.5. The minimum atomic E-state index is -0.124. The molecule has 0 radical (unpaired) electrons. The summed E-state index contributed by atoms with van der Waals surface area (Å²) >= 11 is 0. The molecule has 27 heavy (non-hydrogen) atoms. The van der Waals surface area contributed by atoms with Gasteiger partial charge < -0.3 is 4.74 Å².